The van der Waals surface area contributed by atoms with Crippen LogP contribution in [0.1, 0.15) is 60.0 Å². The van der Waals surface area contributed by atoms with E-state index in [0.29, 0.717) is 28.2 Å². The number of rotatable bonds is 16. The molecule has 3 N–H and O–H groups in total. The lowest BCUT2D eigenvalue weighted by atomic mass is 9.80. The Hall–Kier alpha value is -5.50. The van der Waals surface area contributed by atoms with Crippen molar-refractivity contribution >= 4 is 26.0 Å². The minimum absolute atomic E-state index is 0.0185. The van der Waals surface area contributed by atoms with Crippen LogP contribution in [-0.4, -0.2) is 81.8 Å². The van der Waals surface area contributed by atoms with E-state index in [1.165, 1.54) is 35.4 Å². The number of H-pyrrole nitrogens is 2. The summed E-state index contributed by atoms with van der Waals surface area (Å²) in [5, 5.41) is 0. The topological polar surface area (TPSA) is 221 Å². The summed E-state index contributed by atoms with van der Waals surface area (Å²) in [5.41, 5.74) is -0.313. The van der Waals surface area contributed by atoms with Gasteiger partial charge in [0.2, 0.25) is 0 Å². The van der Waals surface area contributed by atoms with Crippen molar-refractivity contribution in [2.75, 3.05) is 27.4 Å². The van der Waals surface area contributed by atoms with E-state index in [4.69, 9.17) is 49.7 Å². The van der Waals surface area contributed by atoms with Crippen molar-refractivity contribution in [1.82, 2.24) is 19.1 Å². The second kappa shape index (κ2) is 19.1. The molecular formula is C43H47N4O14PS. The molecule has 7 atom stereocenters. The van der Waals surface area contributed by atoms with Gasteiger partial charge in [-0.1, -0.05) is 66.8 Å². The maximum Gasteiger partial charge on any atom is 0.472 e. The number of phosphoric ester groups is 1. The molecule has 0 spiro atoms. The van der Waals surface area contributed by atoms with Crippen LogP contribution in [0, 0.1) is 18.5 Å². The van der Waals surface area contributed by atoms with E-state index in [1.54, 1.807) is 45.4 Å². The van der Waals surface area contributed by atoms with Crippen molar-refractivity contribution in [3.05, 3.63) is 155 Å². The molecule has 0 aliphatic carbocycles. The number of aromatic amines is 2. The first-order valence-corrected chi connectivity index (χ1v) is 21.8. The van der Waals surface area contributed by atoms with E-state index in [9.17, 15) is 28.6 Å². The summed E-state index contributed by atoms with van der Waals surface area (Å²) in [6.45, 7) is 3.56. The fourth-order valence-corrected chi connectivity index (χ4v) is 8.84. The van der Waals surface area contributed by atoms with Gasteiger partial charge in [-0.25, -0.2) is 14.2 Å². The molecule has 4 heterocycles. The molecule has 0 amide bonds. The summed E-state index contributed by atoms with van der Waals surface area (Å²) in [7, 11) is -1.91. The number of benzene rings is 3. The van der Waals surface area contributed by atoms with Gasteiger partial charge in [-0.3, -0.25) is 37.7 Å². The summed E-state index contributed by atoms with van der Waals surface area (Å²) in [6.07, 6.45) is -3.79. The Morgan fingerprint density at radius 1 is 0.778 bits per heavy atom. The molecule has 2 aliphatic heterocycles. The van der Waals surface area contributed by atoms with Crippen molar-refractivity contribution < 1.29 is 51.7 Å². The van der Waals surface area contributed by atoms with Crippen molar-refractivity contribution in [3.8, 4) is 11.5 Å². The average molecular weight is 907 g/mol. The number of phosphoric acid groups is 1. The molecule has 5 aromatic rings. The molecule has 2 fully saturated rings. The van der Waals surface area contributed by atoms with E-state index in [2.05, 4.69) is 9.97 Å². The van der Waals surface area contributed by atoms with E-state index in [0.717, 1.165) is 5.56 Å². The molecule has 1 unspecified atom stereocenters. The summed E-state index contributed by atoms with van der Waals surface area (Å²) in [5.74, 6) is 0.573. The maximum atomic E-state index is 13.9. The smallest absolute Gasteiger partial charge is 0.472 e. The molecule has 2 aromatic heterocycles. The zero-order valence-electron chi connectivity index (χ0n) is 35.0. The van der Waals surface area contributed by atoms with Crippen LogP contribution in [0.15, 0.2) is 106 Å². The van der Waals surface area contributed by atoms with Gasteiger partial charge in [-0.15, -0.1) is 0 Å². The molecule has 334 valence electrons. The van der Waals surface area contributed by atoms with E-state index < -0.39 is 79.8 Å². The third-order valence-electron chi connectivity index (χ3n) is 10.9. The second-order valence-electron chi connectivity index (χ2n) is 15.1. The fourth-order valence-electron chi connectivity index (χ4n) is 7.74. The molecule has 0 bridgehead atoms. The van der Waals surface area contributed by atoms with Crippen LogP contribution in [0.2, 0.25) is 0 Å². The lowest BCUT2D eigenvalue weighted by molar-refractivity contribution is -0.150. The lowest BCUT2D eigenvalue weighted by Crippen LogP contribution is -2.38. The molecule has 0 radical (unpaired) electrons. The first-order valence-electron chi connectivity index (χ1n) is 19.9. The van der Waals surface area contributed by atoms with Crippen LogP contribution in [-0.2, 0) is 43.0 Å². The molecule has 7 rings (SSSR count). The summed E-state index contributed by atoms with van der Waals surface area (Å²) < 4.78 is 63.9. The van der Waals surface area contributed by atoms with Crippen LogP contribution >= 0.6 is 20.0 Å². The number of methoxy groups -OCH3 is 2. The van der Waals surface area contributed by atoms with Gasteiger partial charge in [-0.05, 0) is 54.8 Å². The SMILES string of the molecule is COc1ccc(C(OC[C@H]2O[C@@H](n3cc(C)c(=O)[nH]c3=O)C[C@@H]2OP(=O)(O)OC[C@H]2O[C@@H](n3cc(C)c(=S)[nH]c3=O)C[C@@H]2OC(C)=O)(c2ccccc2)c2ccc(OC)cc2)cc1. The van der Waals surface area contributed by atoms with Gasteiger partial charge >= 0.3 is 25.2 Å². The number of esters is 1. The third kappa shape index (κ3) is 10.0. The Kier molecular flexibility index (Phi) is 13.8. The highest BCUT2D eigenvalue weighted by Crippen LogP contribution is 2.50. The first kappa shape index (κ1) is 45.5. The van der Waals surface area contributed by atoms with E-state index >= 15 is 0 Å². The van der Waals surface area contributed by atoms with Gasteiger partial charge < -0.3 is 33.3 Å². The zero-order valence-corrected chi connectivity index (χ0v) is 36.7. The van der Waals surface area contributed by atoms with Crippen LogP contribution in [0.25, 0.3) is 0 Å². The summed E-state index contributed by atoms with van der Waals surface area (Å²) >= 11 is 5.17. The quantitative estimate of drug-likeness (QED) is 0.0507. The van der Waals surface area contributed by atoms with Crippen LogP contribution in [0.5, 0.6) is 11.5 Å². The van der Waals surface area contributed by atoms with Crippen molar-refractivity contribution in [2.24, 2.45) is 0 Å². The number of aromatic nitrogens is 4. The zero-order chi connectivity index (χ0) is 45.1. The number of carbonyl (C=O) groups excluding carboxylic acids is 1. The highest BCUT2D eigenvalue weighted by Gasteiger charge is 2.47. The predicted molar refractivity (Wildman–Crippen MR) is 228 cm³/mol. The molecular weight excluding hydrogens is 860 g/mol. The van der Waals surface area contributed by atoms with Crippen LogP contribution in [0.3, 0.4) is 0 Å². The second-order valence-corrected chi connectivity index (χ2v) is 16.9. The molecule has 20 heteroatoms. The van der Waals surface area contributed by atoms with Gasteiger partial charge in [0.25, 0.3) is 5.56 Å². The van der Waals surface area contributed by atoms with Gasteiger partial charge in [0, 0.05) is 43.3 Å². The molecule has 18 nitrogen and oxygen atoms in total. The van der Waals surface area contributed by atoms with E-state index in [-0.39, 0.29) is 29.7 Å². The number of hydrogen-bond acceptors (Lipinski definition) is 14. The molecule has 2 saturated heterocycles. The fraction of sp³-hybridized carbons (Fsp3) is 0.372. The Morgan fingerprint density at radius 2 is 1.29 bits per heavy atom. The maximum absolute atomic E-state index is 13.9. The number of carbonyl (C=O) groups is 1. The minimum atomic E-state index is -5.03. The Morgan fingerprint density at radius 3 is 1.84 bits per heavy atom. The number of nitrogens with zero attached hydrogens (tertiary/aromatic N) is 2. The standard InChI is InChI=1S/C43H47N4O14PS/c1-25-21-46(41(50)44-39(25)49)38-20-34(61-62(52,53)57-24-36-33(58-27(3)48)19-37(60-36)47-22-26(2)40(63)45-42(47)51)35(59-38)23-56-43(28-9-7-6-8-10-28,29-11-15-31(54-4)16-12-29)30-13-17-32(55-5)18-14-30/h6-18,21-22,33-38H,19-20,23-24H2,1-5H3,(H,52,53)(H,44,49,50)(H,45,51,63)/t33-,34-,35+,36+,37+,38+/m0/s1. The average Bonchev–Trinajstić information content (AvgIpc) is 3.86. The largest absolute Gasteiger partial charge is 0.497 e. The Labute approximate surface area is 365 Å². The number of aryl methyl sites for hydroxylation is 2. The number of hydrogen-bond donors (Lipinski definition) is 3. The van der Waals surface area contributed by atoms with Crippen molar-refractivity contribution in [2.45, 2.75) is 76.1 Å². The van der Waals surface area contributed by atoms with Crippen molar-refractivity contribution in [3.63, 3.8) is 0 Å². The molecule has 3 aromatic carbocycles. The Balaban J connectivity index is 1.20. The normalized spacial score (nSPS) is 22.1. The number of nitrogens with one attached hydrogen (secondary N) is 2. The highest BCUT2D eigenvalue weighted by molar-refractivity contribution is 7.71. The minimum Gasteiger partial charge on any atom is -0.497 e. The van der Waals surface area contributed by atoms with Gasteiger partial charge in [-0.2, -0.15) is 0 Å². The number of ether oxygens (including phenoxy) is 6. The predicted octanol–water partition coefficient (Wildman–Crippen LogP) is 5.11. The van der Waals surface area contributed by atoms with Gasteiger partial charge in [0.1, 0.15) is 58.6 Å². The molecule has 0 saturated carbocycles. The third-order valence-corrected chi connectivity index (χ3v) is 12.3. The lowest BCUT2D eigenvalue weighted by Gasteiger charge is -2.37. The summed E-state index contributed by atoms with van der Waals surface area (Å²) in [4.78, 5) is 66.5. The summed E-state index contributed by atoms with van der Waals surface area (Å²) in [6, 6.07) is 24.1. The van der Waals surface area contributed by atoms with Gasteiger partial charge in [0.05, 0.1) is 27.4 Å². The van der Waals surface area contributed by atoms with Crippen LogP contribution in [0.4, 0.5) is 0 Å². The Bertz CT molecular complexity index is 2660. The van der Waals surface area contributed by atoms with Gasteiger partial charge in [0.15, 0.2) is 0 Å². The molecule has 63 heavy (non-hydrogen) atoms. The highest BCUT2D eigenvalue weighted by atomic mass is 32.1. The molecule has 2 aliphatic rings. The van der Waals surface area contributed by atoms with E-state index in [1.807, 2.05) is 54.6 Å². The first-order chi connectivity index (χ1) is 30.1. The van der Waals surface area contributed by atoms with Crippen LogP contribution < -0.4 is 26.4 Å². The van der Waals surface area contributed by atoms with Crippen molar-refractivity contribution in [1.29, 1.82) is 0 Å². The monoisotopic (exact) mass is 906 g/mol.